The van der Waals surface area contributed by atoms with Gasteiger partial charge in [-0.15, -0.1) is 0 Å². The Labute approximate surface area is 233 Å². The summed E-state index contributed by atoms with van der Waals surface area (Å²) in [6, 6.07) is 4.71. The normalized spacial score (nSPS) is 13.5. The van der Waals surface area contributed by atoms with Gasteiger partial charge in [0.25, 0.3) is 0 Å². The second-order valence-electron chi connectivity index (χ2n) is 11.0. The van der Waals surface area contributed by atoms with Gasteiger partial charge in [-0.25, -0.2) is 0 Å². The second-order valence-corrected chi connectivity index (χ2v) is 11.0. The van der Waals surface area contributed by atoms with Crippen LogP contribution in [0.15, 0.2) is 18.2 Å². The van der Waals surface area contributed by atoms with Crippen molar-refractivity contribution < 1.29 is 38.1 Å². The summed E-state index contributed by atoms with van der Waals surface area (Å²) in [6.07, 6.45) is 3.34. The molecule has 0 bridgehead atoms. The van der Waals surface area contributed by atoms with E-state index in [0.717, 1.165) is 6.42 Å². The molecule has 0 fully saturated rings. The lowest BCUT2D eigenvalue weighted by molar-refractivity contribution is -0.153. The SMILES string of the molecule is CCCC(C)C(=O)OCC[C@@](N)(Cc1ccc(OC(=O)CCC(C)C)c(OC(=O)CCC(C)C)c1)C(=O)OC. The zero-order chi connectivity index (χ0) is 29.6. The number of hydrogen-bond donors (Lipinski definition) is 1. The highest BCUT2D eigenvalue weighted by atomic mass is 16.6. The Morgan fingerprint density at radius 3 is 1.95 bits per heavy atom. The van der Waals surface area contributed by atoms with Crippen LogP contribution in [-0.2, 0) is 35.1 Å². The predicted molar refractivity (Wildman–Crippen MR) is 148 cm³/mol. The van der Waals surface area contributed by atoms with Crippen LogP contribution in [0.2, 0.25) is 0 Å². The van der Waals surface area contributed by atoms with E-state index in [-0.39, 0.29) is 55.7 Å². The van der Waals surface area contributed by atoms with Gasteiger partial charge in [0.2, 0.25) is 0 Å². The van der Waals surface area contributed by atoms with E-state index in [1.807, 2.05) is 34.6 Å². The van der Waals surface area contributed by atoms with E-state index in [9.17, 15) is 19.2 Å². The van der Waals surface area contributed by atoms with Crippen molar-refractivity contribution in [1.82, 2.24) is 0 Å². The molecule has 39 heavy (non-hydrogen) atoms. The fourth-order valence-electron chi connectivity index (χ4n) is 3.84. The monoisotopic (exact) mass is 549 g/mol. The van der Waals surface area contributed by atoms with Gasteiger partial charge in [-0.3, -0.25) is 19.2 Å². The van der Waals surface area contributed by atoms with Crippen LogP contribution in [0.25, 0.3) is 0 Å². The van der Waals surface area contributed by atoms with Crippen molar-refractivity contribution in [3.63, 3.8) is 0 Å². The summed E-state index contributed by atoms with van der Waals surface area (Å²) < 4.78 is 21.4. The van der Waals surface area contributed by atoms with Crippen LogP contribution < -0.4 is 15.2 Å². The zero-order valence-corrected chi connectivity index (χ0v) is 24.7. The minimum absolute atomic E-state index is 0.0137. The van der Waals surface area contributed by atoms with E-state index in [2.05, 4.69) is 0 Å². The molecule has 2 N–H and O–H groups in total. The number of rotatable bonds is 17. The maximum absolute atomic E-state index is 12.7. The number of benzene rings is 1. The lowest BCUT2D eigenvalue weighted by Gasteiger charge is -2.27. The summed E-state index contributed by atoms with van der Waals surface area (Å²) in [4.78, 5) is 49.8. The van der Waals surface area contributed by atoms with Crippen molar-refractivity contribution in [3.8, 4) is 11.5 Å². The van der Waals surface area contributed by atoms with Crippen LogP contribution in [0.4, 0.5) is 0 Å². The number of methoxy groups -OCH3 is 1. The molecule has 220 valence electrons. The number of esters is 4. The third-order valence-electron chi connectivity index (χ3n) is 6.34. The van der Waals surface area contributed by atoms with E-state index in [0.29, 0.717) is 36.7 Å². The van der Waals surface area contributed by atoms with Gasteiger partial charge in [-0.2, -0.15) is 0 Å². The molecule has 1 aromatic carbocycles. The summed E-state index contributed by atoms with van der Waals surface area (Å²) in [5, 5.41) is 0. The van der Waals surface area contributed by atoms with Crippen LogP contribution in [-0.4, -0.2) is 43.1 Å². The molecule has 9 heteroatoms. The molecular formula is C30H47NO8. The highest BCUT2D eigenvalue weighted by molar-refractivity contribution is 5.81. The number of ether oxygens (including phenoxy) is 4. The fourth-order valence-corrected chi connectivity index (χ4v) is 3.84. The standard InChI is InChI=1S/C30H47NO8/c1-8-9-22(6)28(34)37-17-16-30(31,29(35)36-7)19-23-12-13-24(38-26(32)14-10-20(2)3)25(18-23)39-27(33)15-11-21(4)5/h12-13,18,20-22H,8-11,14-17,19,31H2,1-7H3/t22?,30-/m1/s1. The van der Waals surface area contributed by atoms with E-state index in [1.165, 1.54) is 19.2 Å². The van der Waals surface area contributed by atoms with Gasteiger partial charge in [-0.05, 0) is 48.8 Å². The van der Waals surface area contributed by atoms with Crippen LogP contribution in [0.1, 0.15) is 92.1 Å². The fraction of sp³-hybridized carbons (Fsp3) is 0.667. The maximum Gasteiger partial charge on any atom is 0.326 e. The van der Waals surface area contributed by atoms with Crippen molar-refractivity contribution in [3.05, 3.63) is 23.8 Å². The predicted octanol–water partition coefficient (Wildman–Crippen LogP) is 5.15. The van der Waals surface area contributed by atoms with Crippen molar-refractivity contribution in [2.75, 3.05) is 13.7 Å². The van der Waals surface area contributed by atoms with Crippen LogP contribution in [0.3, 0.4) is 0 Å². The molecule has 9 nitrogen and oxygen atoms in total. The summed E-state index contributed by atoms with van der Waals surface area (Å²) in [6.45, 7) is 11.8. The molecule has 0 aliphatic rings. The molecule has 0 spiro atoms. The molecule has 0 heterocycles. The Kier molecular flexibility index (Phi) is 14.8. The highest BCUT2D eigenvalue weighted by Crippen LogP contribution is 2.31. The zero-order valence-electron chi connectivity index (χ0n) is 24.7. The molecule has 1 unspecified atom stereocenters. The first-order chi connectivity index (χ1) is 18.3. The number of nitrogens with two attached hydrogens (primary N) is 1. The van der Waals surface area contributed by atoms with Crippen LogP contribution >= 0.6 is 0 Å². The molecule has 0 saturated heterocycles. The maximum atomic E-state index is 12.7. The molecule has 0 amide bonds. The number of carbonyl (C=O) groups excluding carboxylic acids is 4. The average Bonchev–Trinajstić information content (AvgIpc) is 2.87. The Bertz CT molecular complexity index is 958. The molecule has 0 aliphatic carbocycles. The number of hydrogen-bond acceptors (Lipinski definition) is 9. The van der Waals surface area contributed by atoms with E-state index in [4.69, 9.17) is 24.7 Å². The number of carbonyl (C=O) groups is 4. The summed E-state index contributed by atoms with van der Waals surface area (Å²) in [7, 11) is 1.24. The molecule has 1 rings (SSSR count). The molecule has 2 atom stereocenters. The first kappa shape index (κ1) is 34.1. The Balaban J connectivity index is 3.14. The van der Waals surface area contributed by atoms with E-state index >= 15 is 0 Å². The van der Waals surface area contributed by atoms with Crippen molar-refractivity contribution in [2.24, 2.45) is 23.5 Å². The largest absolute Gasteiger partial charge is 0.468 e. The second kappa shape index (κ2) is 16.9. The van der Waals surface area contributed by atoms with Gasteiger partial charge in [0.15, 0.2) is 11.5 Å². The van der Waals surface area contributed by atoms with Gasteiger partial charge in [0.1, 0.15) is 5.54 Å². The Morgan fingerprint density at radius 2 is 1.44 bits per heavy atom. The highest BCUT2D eigenvalue weighted by Gasteiger charge is 2.36. The molecular weight excluding hydrogens is 502 g/mol. The smallest absolute Gasteiger partial charge is 0.326 e. The molecule has 0 aliphatic heterocycles. The first-order valence-electron chi connectivity index (χ1n) is 13.9. The lowest BCUT2D eigenvalue weighted by Crippen LogP contribution is -2.51. The summed E-state index contributed by atoms with van der Waals surface area (Å²) in [5.41, 5.74) is 5.52. The summed E-state index contributed by atoms with van der Waals surface area (Å²) in [5.74, 6) is -1.31. The van der Waals surface area contributed by atoms with Gasteiger partial charge in [0, 0.05) is 25.7 Å². The average molecular weight is 550 g/mol. The Morgan fingerprint density at radius 1 is 0.872 bits per heavy atom. The third-order valence-corrected chi connectivity index (χ3v) is 6.34. The van der Waals surface area contributed by atoms with Crippen LogP contribution in [0.5, 0.6) is 11.5 Å². The minimum Gasteiger partial charge on any atom is -0.468 e. The van der Waals surface area contributed by atoms with Crippen LogP contribution in [0, 0.1) is 17.8 Å². The molecule has 0 saturated carbocycles. The van der Waals surface area contributed by atoms with Crippen molar-refractivity contribution >= 4 is 23.9 Å². The Hall–Kier alpha value is -2.94. The lowest BCUT2D eigenvalue weighted by atomic mass is 9.88. The molecule has 0 radical (unpaired) electrons. The van der Waals surface area contributed by atoms with Gasteiger partial charge >= 0.3 is 23.9 Å². The molecule has 1 aromatic rings. The molecule has 0 aromatic heterocycles. The quantitative estimate of drug-likeness (QED) is 0.207. The summed E-state index contributed by atoms with van der Waals surface area (Å²) >= 11 is 0. The van der Waals surface area contributed by atoms with Crippen molar-refractivity contribution in [1.29, 1.82) is 0 Å². The van der Waals surface area contributed by atoms with Crippen molar-refractivity contribution in [2.45, 2.75) is 98.4 Å². The van der Waals surface area contributed by atoms with Gasteiger partial charge in [0.05, 0.1) is 19.6 Å². The third kappa shape index (κ3) is 12.6. The minimum atomic E-state index is -1.50. The van der Waals surface area contributed by atoms with Gasteiger partial charge in [-0.1, -0.05) is 54.0 Å². The van der Waals surface area contributed by atoms with E-state index < -0.39 is 23.4 Å². The topological polar surface area (TPSA) is 131 Å². The van der Waals surface area contributed by atoms with Gasteiger partial charge < -0.3 is 24.7 Å². The van der Waals surface area contributed by atoms with E-state index in [1.54, 1.807) is 13.0 Å². The first-order valence-corrected chi connectivity index (χ1v) is 13.9.